The van der Waals surface area contributed by atoms with Crippen LogP contribution in [0.1, 0.15) is 51.5 Å². The summed E-state index contributed by atoms with van der Waals surface area (Å²) in [6, 6.07) is 7.23. The zero-order valence-electron chi connectivity index (χ0n) is 13.9. The molecule has 0 aliphatic heterocycles. The van der Waals surface area contributed by atoms with E-state index in [4.69, 9.17) is 9.47 Å². The van der Waals surface area contributed by atoms with Crippen LogP contribution in [0.2, 0.25) is 0 Å². The number of rotatable bonds is 7. The fraction of sp³-hybridized carbons (Fsp3) is 0.556. The Labute approximate surface area is 137 Å². The van der Waals surface area contributed by atoms with Crippen LogP contribution in [0, 0.1) is 11.3 Å². The number of hydrogen-bond acceptors (Lipinski definition) is 4. The van der Waals surface area contributed by atoms with Crippen molar-refractivity contribution < 1.29 is 14.3 Å². The van der Waals surface area contributed by atoms with Crippen molar-refractivity contribution in [1.29, 1.82) is 5.26 Å². The normalized spacial score (nSPS) is 15.9. The number of hydrogen-bond donors (Lipinski definition) is 1. The molecule has 5 nitrogen and oxygen atoms in total. The number of anilines is 1. The molecule has 1 saturated carbocycles. The number of ether oxygens (including phenoxy) is 2. The number of carbonyl (C=O) groups is 1. The summed E-state index contributed by atoms with van der Waals surface area (Å²) in [4.78, 5) is 12.7. The largest absolute Gasteiger partial charge is 0.494 e. The molecule has 1 amide bonds. The predicted molar refractivity (Wildman–Crippen MR) is 88.4 cm³/mol. The van der Waals surface area contributed by atoms with Crippen LogP contribution >= 0.6 is 0 Å². The Morgan fingerprint density at radius 1 is 1.35 bits per heavy atom. The van der Waals surface area contributed by atoms with E-state index in [9.17, 15) is 10.1 Å². The number of nitrogens with one attached hydrogen (secondary N) is 1. The molecule has 1 aromatic rings. The number of benzene rings is 1. The first-order valence-electron chi connectivity index (χ1n) is 8.27. The molecule has 1 N–H and O–H groups in total. The second-order valence-corrected chi connectivity index (χ2v) is 5.76. The summed E-state index contributed by atoms with van der Waals surface area (Å²) in [6.45, 7) is 5.02. The minimum atomic E-state index is -0.749. The van der Waals surface area contributed by atoms with Gasteiger partial charge in [0.05, 0.1) is 17.9 Å². The van der Waals surface area contributed by atoms with E-state index < -0.39 is 5.60 Å². The van der Waals surface area contributed by atoms with Crippen LogP contribution < -0.4 is 10.1 Å². The van der Waals surface area contributed by atoms with E-state index in [1.54, 1.807) is 18.2 Å². The average Bonchev–Trinajstić information content (AvgIpc) is 3.04. The van der Waals surface area contributed by atoms with Crippen molar-refractivity contribution >= 4 is 11.6 Å². The minimum Gasteiger partial charge on any atom is -0.494 e. The van der Waals surface area contributed by atoms with Crippen LogP contribution in [-0.2, 0) is 9.53 Å². The molecule has 1 fully saturated rings. The van der Waals surface area contributed by atoms with E-state index in [-0.39, 0.29) is 5.91 Å². The van der Waals surface area contributed by atoms with Gasteiger partial charge in [-0.1, -0.05) is 6.92 Å². The maximum absolute atomic E-state index is 12.7. The highest BCUT2D eigenvalue weighted by Gasteiger charge is 2.42. The van der Waals surface area contributed by atoms with Gasteiger partial charge in [-0.3, -0.25) is 4.79 Å². The lowest BCUT2D eigenvalue weighted by Gasteiger charge is -2.28. The first-order valence-corrected chi connectivity index (χ1v) is 8.27. The molecular weight excluding hydrogens is 292 g/mol. The molecular formula is C18H24N2O3. The lowest BCUT2D eigenvalue weighted by Crippen LogP contribution is -2.43. The molecule has 0 spiro atoms. The molecule has 0 bridgehead atoms. The molecule has 0 atom stereocenters. The zero-order chi connectivity index (χ0) is 16.7. The Hall–Kier alpha value is -2.06. The minimum absolute atomic E-state index is 0.149. The topological polar surface area (TPSA) is 71.3 Å². The summed E-state index contributed by atoms with van der Waals surface area (Å²) >= 11 is 0. The summed E-state index contributed by atoms with van der Waals surface area (Å²) in [6.07, 6.45) is 4.33. The highest BCUT2D eigenvalue weighted by molar-refractivity contribution is 5.98. The lowest BCUT2D eigenvalue weighted by molar-refractivity contribution is -0.140. The fourth-order valence-corrected chi connectivity index (χ4v) is 2.90. The van der Waals surface area contributed by atoms with Gasteiger partial charge in [-0.2, -0.15) is 5.26 Å². The summed E-state index contributed by atoms with van der Waals surface area (Å²) in [5, 5.41) is 12.2. The van der Waals surface area contributed by atoms with Gasteiger partial charge in [-0.05, 0) is 57.2 Å². The molecule has 1 aromatic carbocycles. The van der Waals surface area contributed by atoms with Gasteiger partial charge in [-0.15, -0.1) is 0 Å². The van der Waals surface area contributed by atoms with Crippen LogP contribution in [0.15, 0.2) is 18.2 Å². The first kappa shape index (κ1) is 17.3. The molecule has 0 unspecified atom stereocenters. The third kappa shape index (κ3) is 4.02. The van der Waals surface area contributed by atoms with E-state index in [0.29, 0.717) is 30.2 Å². The van der Waals surface area contributed by atoms with Crippen molar-refractivity contribution in [3.05, 3.63) is 23.8 Å². The standard InChI is InChI=1S/C18H24N2O3/c1-3-11-23-18(9-5-6-10-18)17(21)20-16-8-7-15(22-4-2)12-14(16)13-19/h7-8,12H,3-6,9-11H2,1-2H3,(H,20,21). The molecule has 5 heteroatoms. The first-order chi connectivity index (χ1) is 11.1. The maximum Gasteiger partial charge on any atom is 0.256 e. The molecule has 0 heterocycles. The molecule has 0 radical (unpaired) electrons. The van der Waals surface area contributed by atoms with Gasteiger partial charge < -0.3 is 14.8 Å². The van der Waals surface area contributed by atoms with Gasteiger partial charge in [0.25, 0.3) is 5.91 Å². The number of amides is 1. The van der Waals surface area contributed by atoms with Crippen molar-refractivity contribution in [3.8, 4) is 11.8 Å². The Morgan fingerprint density at radius 2 is 2.09 bits per heavy atom. The van der Waals surface area contributed by atoms with E-state index in [1.165, 1.54) is 0 Å². The molecule has 1 aliphatic carbocycles. The molecule has 23 heavy (non-hydrogen) atoms. The quantitative estimate of drug-likeness (QED) is 0.833. The number of carbonyl (C=O) groups excluding carboxylic acids is 1. The molecule has 124 valence electrons. The van der Waals surface area contributed by atoms with E-state index >= 15 is 0 Å². The van der Waals surface area contributed by atoms with E-state index in [0.717, 1.165) is 32.1 Å². The number of nitriles is 1. The van der Waals surface area contributed by atoms with Gasteiger partial charge in [0.15, 0.2) is 0 Å². The van der Waals surface area contributed by atoms with Gasteiger partial charge in [-0.25, -0.2) is 0 Å². The van der Waals surface area contributed by atoms with Crippen molar-refractivity contribution in [2.24, 2.45) is 0 Å². The van der Waals surface area contributed by atoms with Crippen LogP contribution in [0.5, 0.6) is 5.75 Å². The maximum atomic E-state index is 12.7. The van der Waals surface area contributed by atoms with Crippen molar-refractivity contribution in [2.45, 2.75) is 51.6 Å². The Kier molecular flexibility index (Phi) is 6.00. The predicted octanol–water partition coefficient (Wildman–Crippen LogP) is 3.63. The van der Waals surface area contributed by atoms with Crippen molar-refractivity contribution in [1.82, 2.24) is 0 Å². The summed E-state index contributed by atoms with van der Waals surface area (Å²) in [7, 11) is 0. The summed E-state index contributed by atoms with van der Waals surface area (Å²) in [5.74, 6) is 0.476. The number of nitrogens with zero attached hydrogens (tertiary/aromatic N) is 1. The second kappa shape index (κ2) is 7.98. The summed E-state index contributed by atoms with van der Waals surface area (Å²) < 4.78 is 11.3. The molecule has 2 rings (SSSR count). The van der Waals surface area contributed by atoms with E-state index in [2.05, 4.69) is 11.4 Å². The van der Waals surface area contributed by atoms with Crippen LogP contribution in [0.4, 0.5) is 5.69 Å². The third-order valence-corrected chi connectivity index (χ3v) is 4.08. The van der Waals surface area contributed by atoms with Crippen molar-refractivity contribution in [3.63, 3.8) is 0 Å². The summed E-state index contributed by atoms with van der Waals surface area (Å²) in [5.41, 5.74) is 0.154. The Balaban J connectivity index is 2.17. The lowest BCUT2D eigenvalue weighted by atomic mass is 10.00. The van der Waals surface area contributed by atoms with Gasteiger partial charge in [0, 0.05) is 6.61 Å². The molecule has 0 aromatic heterocycles. The van der Waals surface area contributed by atoms with Gasteiger partial charge >= 0.3 is 0 Å². The Morgan fingerprint density at radius 3 is 2.70 bits per heavy atom. The van der Waals surface area contributed by atoms with Crippen molar-refractivity contribution in [2.75, 3.05) is 18.5 Å². The zero-order valence-corrected chi connectivity index (χ0v) is 13.9. The van der Waals surface area contributed by atoms with Crippen LogP contribution in [-0.4, -0.2) is 24.7 Å². The average molecular weight is 316 g/mol. The van der Waals surface area contributed by atoms with Gasteiger partial charge in [0.2, 0.25) is 0 Å². The molecule has 0 saturated heterocycles. The van der Waals surface area contributed by atoms with Gasteiger partial charge in [0.1, 0.15) is 17.4 Å². The SMILES string of the molecule is CCCOC1(C(=O)Nc2ccc(OCC)cc2C#N)CCCC1. The van der Waals surface area contributed by atoms with Crippen LogP contribution in [0.25, 0.3) is 0 Å². The smallest absolute Gasteiger partial charge is 0.256 e. The third-order valence-electron chi connectivity index (χ3n) is 4.08. The van der Waals surface area contributed by atoms with Crippen LogP contribution in [0.3, 0.4) is 0 Å². The highest BCUT2D eigenvalue weighted by Crippen LogP contribution is 2.35. The highest BCUT2D eigenvalue weighted by atomic mass is 16.5. The monoisotopic (exact) mass is 316 g/mol. The van der Waals surface area contributed by atoms with E-state index in [1.807, 2.05) is 13.8 Å². The fourth-order valence-electron chi connectivity index (χ4n) is 2.90. The Bertz CT molecular complexity index is 586. The second-order valence-electron chi connectivity index (χ2n) is 5.76. The molecule has 1 aliphatic rings.